The van der Waals surface area contributed by atoms with E-state index in [9.17, 15) is 4.79 Å². The molecular weight excluding hydrogens is 686 g/mol. The fourth-order valence-electron chi connectivity index (χ4n) is 8.50. The van der Waals surface area contributed by atoms with Gasteiger partial charge in [-0.15, -0.1) is 35.1 Å². The molecule has 274 valence electrons. The molecule has 7 nitrogen and oxygen atoms in total. The average Bonchev–Trinajstić information content (AvgIpc) is 3.75. The van der Waals surface area contributed by atoms with Gasteiger partial charge in [-0.3, -0.25) is 14.6 Å². The molecule has 0 radical (unpaired) electrons. The Bertz CT molecular complexity index is 1720. The molecule has 0 spiro atoms. The second-order valence-electron chi connectivity index (χ2n) is 14.7. The Morgan fingerprint density at radius 2 is 1.44 bits per heavy atom. The molecule has 0 aliphatic carbocycles. The Morgan fingerprint density at radius 3 is 1.96 bits per heavy atom. The number of Topliss-reactive ketones (excluding diaryl/α,β-unsaturated/α-hetero) is 1. The van der Waals surface area contributed by atoms with Crippen molar-refractivity contribution in [2.45, 2.75) is 91.3 Å². The Balaban J connectivity index is 0.000000211. The molecule has 4 bridgehead atoms. The highest BCUT2D eigenvalue weighted by molar-refractivity contribution is 7.21. The summed E-state index contributed by atoms with van der Waals surface area (Å²) in [6.07, 6.45) is 6.15. The first-order chi connectivity index (χ1) is 22.9. The van der Waals surface area contributed by atoms with Crippen LogP contribution in [0.15, 0.2) is 53.9 Å². The number of ether oxygens (including phenoxy) is 1. The maximum atomic E-state index is 12.9. The van der Waals surface area contributed by atoms with Gasteiger partial charge in [0.1, 0.15) is 5.75 Å². The number of hydrogen-bond donors (Lipinski definition) is 1. The average molecular weight is 742 g/mol. The van der Waals surface area contributed by atoms with Gasteiger partial charge >= 0.3 is 6.15 Å². The number of rotatable bonds is 4. The first kappa shape index (κ1) is 41.8. The van der Waals surface area contributed by atoms with E-state index in [0.717, 1.165) is 22.5 Å². The molecule has 0 unspecified atom stereocenters. The van der Waals surface area contributed by atoms with Gasteiger partial charge in [0.15, 0.2) is 5.78 Å². The topological polar surface area (TPSA) is 92.9 Å². The van der Waals surface area contributed by atoms with Crippen molar-refractivity contribution in [1.29, 1.82) is 0 Å². The summed E-state index contributed by atoms with van der Waals surface area (Å²) < 4.78 is 7.70. The summed E-state index contributed by atoms with van der Waals surface area (Å²) in [5, 5.41) is 4.55. The third-order valence-electron chi connectivity index (χ3n) is 11.6. The van der Waals surface area contributed by atoms with E-state index in [4.69, 9.17) is 20.1 Å². The van der Waals surface area contributed by atoms with Crippen LogP contribution >= 0.6 is 35.1 Å². The lowest BCUT2D eigenvalue weighted by atomic mass is 9.65. The van der Waals surface area contributed by atoms with Gasteiger partial charge in [0.05, 0.1) is 16.7 Å². The highest BCUT2D eigenvalue weighted by atomic mass is 35.5. The van der Waals surface area contributed by atoms with Crippen LogP contribution in [0.2, 0.25) is 0 Å². The van der Waals surface area contributed by atoms with Crippen molar-refractivity contribution in [3.05, 3.63) is 64.4 Å². The van der Waals surface area contributed by atoms with Crippen LogP contribution < -0.4 is 10.5 Å². The van der Waals surface area contributed by atoms with Gasteiger partial charge < -0.3 is 10.5 Å². The molecule has 4 aromatic rings. The fraction of sp³-hybridized carbons (Fsp3) is 0.550. The van der Waals surface area contributed by atoms with E-state index in [1.807, 2.05) is 12.1 Å². The summed E-state index contributed by atoms with van der Waals surface area (Å²) in [7, 11) is 1.70. The predicted molar refractivity (Wildman–Crippen MR) is 211 cm³/mol. The highest BCUT2D eigenvalue weighted by Crippen LogP contribution is 2.46. The summed E-state index contributed by atoms with van der Waals surface area (Å²) in [5.74, 6) is 3.35. The number of methoxy groups -OCH3 is 1. The van der Waals surface area contributed by atoms with Crippen molar-refractivity contribution >= 4 is 67.2 Å². The van der Waals surface area contributed by atoms with Crippen LogP contribution in [0.4, 0.5) is 0 Å². The van der Waals surface area contributed by atoms with Crippen molar-refractivity contribution in [2.75, 3.05) is 33.3 Å². The number of aryl methyl sites for hydroxylation is 1. The molecule has 2 aromatic carbocycles. The number of benzene rings is 2. The molecule has 10 heteroatoms. The smallest absolute Gasteiger partial charge is 0.373 e. The van der Waals surface area contributed by atoms with Gasteiger partial charge in [0.2, 0.25) is 0 Å². The summed E-state index contributed by atoms with van der Waals surface area (Å²) in [5.41, 5.74) is 7.86. The van der Waals surface area contributed by atoms with Crippen LogP contribution in [0.3, 0.4) is 0 Å². The number of halogens is 1. The lowest BCUT2D eigenvalue weighted by Gasteiger charge is -2.56. The van der Waals surface area contributed by atoms with Gasteiger partial charge in [0.25, 0.3) is 0 Å². The third kappa shape index (κ3) is 8.70. The van der Waals surface area contributed by atoms with E-state index < -0.39 is 0 Å². The maximum Gasteiger partial charge on any atom is 0.373 e. The fourth-order valence-corrected chi connectivity index (χ4v) is 10.5. The minimum absolute atomic E-state index is 0. The van der Waals surface area contributed by atoms with Crippen LogP contribution in [0.1, 0.15) is 82.5 Å². The first-order valence-electron chi connectivity index (χ1n) is 17.2. The van der Waals surface area contributed by atoms with Crippen molar-refractivity contribution in [3.63, 3.8) is 0 Å². The molecule has 2 N–H and O–H groups in total. The Labute approximate surface area is 313 Å². The predicted octanol–water partition coefficient (Wildman–Crippen LogP) is 9.11. The van der Waals surface area contributed by atoms with E-state index in [1.54, 1.807) is 29.8 Å². The summed E-state index contributed by atoms with van der Waals surface area (Å²) in [6, 6.07) is 17.0. The van der Waals surface area contributed by atoms with Gasteiger partial charge in [-0.05, 0) is 144 Å². The van der Waals surface area contributed by atoms with Gasteiger partial charge in [-0.2, -0.15) is 9.59 Å². The maximum absolute atomic E-state index is 12.9. The number of piperidine rings is 6. The van der Waals surface area contributed by atoms with E-state index in [0.29, 0.717) is 24.2 Å². The summed E-state index contributed by atoms with van der Waals surface area (Å²) in [4.78, 5) is 35.3. The van der Waals surface area contributed by atoms with Crippen LogP contribution in [-0.4, -0.2) is 72.1 Å². The number of ketones is 1. The lowest BCUT2D eigenvalue weighted by Crippen LogP contribution is -2.67. The normalized spacial score (nSPS) is 26.3. The van der Waals surface area contributed by atoms with Crippen molar-refractivity contribution < 1.29 is 19.1 Å². The summed E-state index contributed by atoms with van der Waals surface area (Å²) in [6.45, 7) is 16.3. The Kier molecular flexibility index (Phi) is 14.8. The molecule has 0 saturated carbocycles. The molecule has 6 saturated heterocycles. The minimum Gasteiger partial charge on any atom is -0.495 e. The molecule has 6 aliphatic rings. The van der Waals surface area contributed by atoms with Crippen LogP contribution in [-0.2, 0) is 9.59 Å². The lowest BCUT2D eigenvalue weighted by molar-refractivity contribution is -0.191. The van der Waals surface area contributed by atoms with Crippen molar-refractivity contribution in [1.82, 2.24) is 9.80 Å². The molecule has 0 amide bonds. The van der Waals surface area contributed by atoms with E-state index >= 15 is 0 Å². The number of carbonyl (C=O) groups excluding carboxylic acids is 3. The zero-order valence-electron chi connectivity index (χ0n) is 29.7. The SMILES string of the molecule is C.CC1(C)[C@H](N)C2CCN1CC2.COc1cccc2ccsc12.Cc1cccc2cc(C(=O)C[C@@H]3C4CCN(CC4)C3(C)C)sc12.Cl.O=C=O. The standard InChI is InChI=1S/C20H25NOS.C9H18N2.C9H8OS.CO2.CH4.ClH/c1-13-5-4-6-15-11-18(23-19(13)15)17(22)12-16-14-7-9-21(10-8-14)20(16,2)3;1-9(2)8(10)7-3-5-11(9)6-4-7;1-10-8-4-2-3-7-5-6-11-9(7)8;2-1-3;;/h4-6,11,14,16H,7-10,12H2,1-3H3;7-8H,3-6,10H2,1-2H3;2-6H,1H3;;1H4;1H/t16-;8-;;;;/m11..../s1. The molecule has 6 aliphatic heterocycles. The van der Waals surface area contributed by atoms with Gasteiger partial charge in [-0.1, -0.05) is 37.8 Å². The van der Waals surface area contributed by atoms with Crippen molar-refractivity contribution in [3.8, 4) is 5.75 Å². The van der Waals surface area contributed by atoms with E-state index in [1.165, 1.54) is 77.6 Å². The third-order valence-corrected chi connectivity index (χ3v) is 13.9. The Hall–Kier alpha value is -2.62. The van der Waals surface area contributed by atoms with E-state index in [2.05, 4.69) is 86.2 Å². The molecule has 2 atom stereocenters. The zero-order valence-corrected chi connectivity index (χ0v) is 32.1. The highest BCUT2D eigenvalue weighted by Gasteiger charge is 2.48. The molecule has 8 heterocycles. The van der Waals surface area contributed by atoms with Crippen LogP contribution in [0.25, 0.3) is 20.2 Å². The second kappa shape index (κ2) is 17.7. The number of fused-ring (bicyclic) bond motifs is 8. The molecule has 10 rings (SSSR count). The number of thiophene rings is 2. The van der Waals surface area contributed by atoms with Crippen molar-refractivity contribution in [2.24, 2.45) is 23.5 Å². The molecule has 6 fully saturated rings. The number of nitrogens with zero attached hydrogens (tertiary/aromatic N) is 2. The number of hydrogen-bond acceptors (Lipinski definition) is 9. The molecular formula is C40H56ClN3O4S2. The first-order valence-corrected chi connectivity index (χ1v) is 18.9. The number of nitrogens with two attached hydrogens (primary N) is 1. The van der Waals surface area contributed by atoms with Gasteiger partial charge in [-0.25, -0.2) is 0 Å². The zero-order chi connectivity index (χ0) is 34.6. The van der Waals surface area contributed by atoms with E-state index in [-0.39, 0.29) is 37.1 Å². The largest absolute Gasteiger partial charge is 0.495 e. The number of carbonyl (C=O) groups is 1. The van der Waals surface area contributed by atoms with Crippen LogP contribution in [0.5, 0.6) is 5.75 Å². The second-order valence-corrected chi connectivity index (χ2v) is 16.7. The minimum atomic E-state index is 0. The van der Waals surface area contributed by atoms with Crippen LogP contribution in [0, 0.1) is 24.7 Å². The monoisotopic (exact) mass is 741 g/mol. The Morgan fingerprint density at radius 1 is 0.880 bits per heavy atom. The summed E-state index contributed by atoms with van der Waals surface area (Å²) >= 11 is 3.39. The molecule has 2 aromatic heterocycles. The molecule has 50 heavy (non-hydrogen) atoms. The van der Waals surface area contributed by atoms with Gasteiger partial charge in [0, 0.05) is 28.2 Å². The quantitative estimate of drug-likeness (QED) is 0.209.